The fourth-order valence-electron chi connectivity index (χ4n) is 3.69. The van der Waals surface area contributed by atoms with Crippen molar-refractivity contribution in [3.05, 3.63) is 34.5 Å². The number of nitrogens with one attached hydrogen (secondary N) is 2. The molecule has 0 bridgehead atoms. The van der Waals surface area contributed by atoms with Crippen molar-refractivity contribution in [3.63, 3.8) is 0 Å². The van der Waals surface area contributed by atoms with Gasteiger partial charge < -0.3 is 15.2 Å². The molecule has 1 saturated heterocycles. The van der Waals surface area contributed by atoms with Crippen LogP contribution in [0, 0.1) is 20.8 Å². The second kappa shape index (κ2) is 6.30. The van der Waals surface area contributed by atoms with Gasteiger partial charge in [-0.25, -0.2) is 0 Å². The number of benzene rings is 1. The molecule has 2 aromatic rings. The van der Waals surface area contributed by atoms with E-state index >= 15 is 0 Å². The Morgan fingerprint density at radius 3 is 2.67 bits per heavy atom. The summed E-state index contributed by atoms with van der Waals surface area (Å²) in [4.78, 5) is 29.2. The van der Waals surface area contributed by atoms with Crippen molar-refractivity contribution in [2.24, 2.45) is 0 Å². The Bertz CT molecular complexity index is 807. The molecular weight excluding hydrogens is 302 g/mol. The van der Waals surface area contributed by atoms with Gasteiger partial charge in [-0.05, 0) is 43.9 Å². The zero-order valence-corrected chi connectivity index (χ0v) is 14.8. The molecule has 0 aliphatic carbocycles. The third-order valence-electron chi connectivity index (χ3n) is 4.97. The summed E-state index contributed by atoms with van der Waals surface area (Å²) in [7, 11) is 0. The largest absolute Gasteiger partial charge is 0.358 e. The van der Waals surface area contributed by atoms with Gasteiger partial charge in [0.2, 0.25) is 11.8 Å². The van der Waals surface area contributed by atoms with Gasteiger partial charge in [0.1, 0.15) is 0 Å². The first-order chi connectivity index (χ1) is 11.4. The topological polar surface area (TPSA) is 65.2 Å². The first-order valence-corrected chi connectivity index (χ1v) is 8.49. The number of hydrogen-bond donors (Lipinski definition) is 2. The van der Waals surface area contributed by atoms with Crippen LogP contribution in [0.5, 0.6) is 0 Å². The zero-order chi connectivity index (χ0) is 17.4. The maximum atomic E-state index is 12.7. The molecule has 5 nitrogen and oxygen atoms in total. The van der Waals surface area contributed by atoms with Gasteiger partial charge >= 0.3 is 0 Å². The molecule has 2 N–H and O–H groups in total. The monoisotopic (exact) mass is 327 g/mol. The lowest BCUT2D eigenvalue weighted by molar-refractivity contribution is -0.129. The van der Waals surface area contributed by atoms with Gasteiger partial charge in [-0.3, -0.25) is 9.59 Å². The summed E-state index contributed by atoms with van der Waals surface area (Å²) in [5.41, 5.74) is 5.69. The molecule has 2 amide bonds. The summed E-state index contributed by atoms with van der Waals surface area (Å²) < 4.78 is 0. The lowest BCUT2D eigenvalue weighted by Gasteiger charge is -2.17. The average Bonchev–Trinajstić information content (AvgIpc) is 3.09. The van der Waals surface area contributed by atoms with Gasteiger partial charge in [-0.1, -0.05) is 12.1 Å². The van der Waals surface area contributed by atoms with Crippen LogP contribution in [0.3, 0.4) is 0 Å². The molecule has 128 valence electrons. The molecule has 2 heterocycles. The van der Waals surface area contributed by atoms with Crippen molar-refractivity contribution in [3.8, 4) is 0 Å². The molecule has 1 aliphatic heterocycles. The quantitative estimate of drug-likeness (QED) is 0.909. The van der Waals surface area contributed by atoms with Crippen molar-refractivity contribution in [2.75, 3.05) is 13.1 Å². The molecule has 5 heteroatoms. The van der Waals surface area contributed by atoms with Crippen LogP contribution in [0.25, 0.3) is 10.9 Å². The number of nitrogens with zero attached hydrogens (tertiary/aromatic N) is 1. The number of H-pyrrole nitrogens is 1. The summed E-state index contributed by atoms with van der Waals surface area (Å²) in [6, 6.07) is 4.30. The van der Waals surface area contributed by atoms with Crippen LogP contribution < -0.4 is 5.32 Å². The second-order valence-corrected chi connectivity index (χ2v) is 6.88. The van der Waals surface area contributed by atoms with Gasteiger partial charge in [0.25, 0.3) is 0 Å². The van der Waals surface area contributed by atoms with Crippen LogP contribution in [-0.4, -0.2) is 40.8 Å². The van der Waals surface area contributed by atoms with Crippen molar-refractivity contribution >= 4 is 22.7 Å². The van der Waals surface area contributed by atoms with E-state index in [0.29, 0.717) is 19.5 Å². The van der Waals surface area contributed by atoms with E-state index in [9.17, 15) is 9.59 Å². The Morgan fingerprint density at radius 1 is 1.25 bits per heavy atom. The van der Waals surface area contributed by atoms with E-state index in [1.54, 1.807) is 0 Å². The summed E-state index contributed by atoms with van der Waals surface area (Å²) in [5, 5.41) is 4.08. The number of hydrogen-bond acceptors (Lipinski definition) is 2. The van der Waals surface area contributed by atoms with Gasteiger partial charge in [-0.2, -0.15) is 0 Å². The SMILES string of the molecule is CC(=O)N[C@@H]1CCN(C(=O)Cc2c(C)[nH]c3c(C)ccc(C)c23)C1. The van der Waals surface area contributed by atoms with E-state index in [-0.39, 0.29) is 17.9 Å². The molecular formula is C19H25N3O2. The Kier molecular flexibility index (Phi) is 4.35. The van der Waals surface area contributed by atoms with Crippen LogP contribution >= 0.6 is 0 Å². The van der Waals surface area contributed by atoms with Gasteiger partial charge in [-0.15, -0.1) is 0 Å². The third kappa shape index (κ3) is 3.03. The average molecular weight is 327 g/mol. The highest BCUT2D eigenvalue weighted by Gasteiger charge is 2.27. The van der Waals surface area contributed by atoms with Gasteiger partial charge in [0, 0.05) is 42.7 Å². The molecule has 1 aliphatic rings. The van der Waals surface area contributed by atoms with E-state index < -0.39 is 0 Å². The first kappa shape index (κ1) is 16.6. The molecule has 0 unspecified atom stereocenters. The second-order valence-electron chi connectivity index (χ2n) is 6.88. The van der Waals surface area contributed by atoms with E-state index in [1.807, 2.05) is 11.8 Å². The number of aromatic nitrogens is 1. The van der Waals surface area contributed by atoms with E-state index in [2.05, 4.69) is 36.3 Å². The highest BCUT2D eigenvalue weighted by atomic mass is 16.2. The maximum absolute atomic E-state index is 12.7. The number of carbonyl (C=O) groups is 2. The number of fused-ring (bicyclic) bond motifs is 1. The predicted molar refractivity (Wildman–Crippen MR) is 95.0 cm³/mol. The Hall–Kier alpha value is -2.30. The summed E-state index contributed by atoms with van der Waals surface area (Å²) in [6.07, 6.45) is 1.24. The van der Waals surface area contributed by atoms with Crippen molar-refractivity contribution < 1.29 is 9.59 Å². The van der Waals surface area contributed by atoms with Gasteiger partial charge in [0.15, 0.2) is 0 Å². The molecule has 3 rings (SSSR count). The highest BCUT2D eigenvalue weighted by molar-refractivity contribution is 5.94. The number of carbonyl (C=O) groups excluding carboxylic acids is 2. The Labute approximate surface area is 142 Å². The molecule has 1 aromatic carbocycles. The molecule has 1 aromatic heterocycles. The van der Waals surface area contributed by atoms with Crippen LogP contribution in [0.4, 0.5) is 0 Å². The number of amides is 2. The molecule has 24 heavy (non-hydrogen) atoms. The number of likely N-dealkylation sites (tertiary alicyclic amines) is 1. The fourth-order valence-corrected chi connectivity index (χ4v) is 3.69. The van der Waals surface area contributed by atoms with Gasteiger partial charge in [0.05, 0.1) is 6.42 Å². The minimum Gasteiger partial charge on any atom is -0.358 e. The van der Waals surface area contributed by atoms with Crippen LogP contribution in [-0.2, 0) is 16.0 Å². The summed E-state index contributed by atoms with van der Waals surface area (Å²) in [5.74, 6) is 0.0978. The molecule has 0 spiro atoms. The normalized spacial score (nSPS) is 17.5. The standard InChI is InChI=1S/C19H25N3O2/c1-11-5-6-12(2)19-18(11)16(13(3)20-19)9-17(24)22-8-7-15(10-22)21-14(4)23/h5-6,15,20H,7-10H2,1-4H3,(H,21,23)/t15-/m1/s1. The Morgan fingerprint density at radius 2 is 1.96 bits per heavy atom. The predicted octanol–water partition coefficient (Wildman–Crippen LogP) is 2.37. The maximum Gasteiger partial charge on any atom is 0.227 e. The van der Waals surface area contributed by atoms with Crippen molar-refractivity contribution in [1.29, 1.82) is 0 Å². The third-order valence-corrected chi connectivity index (χ3v) is 4.97. The van der Waals surface area contributed by atoms with Crippen molar-refractivity contribution in [1.82, 2.24) is 15.2 Å². The lowest BCUT2D eigenvalue weighted by Crippen LogP contribution is -2.37. The summed E-state index contributed by atoms with van der Waals surface area (Å²) >= 11 is 0. The molecule has 1 fully saturated rings. The number of aromatic amines is 1. The molecule has 1 atom stereocenters. The minimum atomic E-state index is -0.0344. The van der Waals surface area contributed by atoms with Crippen LogP contribution in [0.1, 0.15) is 35.7 Å². The first-order valence-electron chi connectivity index (χ1n) is 8.49. The van der Waals surface area contributed by atoms with Crippen molar-refractivity contribution in [2.45, 2.75) is 46.6 Å². The number of rotatable bonds is 3. The lowest BCUT2D eigenvalue weighted by atomic mass is 10.0. The zero-order valence-electron chi connectivity index (χ0n) is 14.8. The fraction of sp³-hybridized carbons (Fsp3) is 0.474. The molecule has 0 saturated carbocycles. The van der Waals surface area contributed by atoms with E-state index in [0.717, 1.165) is 23.2 Å². The van der Waals surface area contributed by atoms with Crippen LogP contribution in [0.2, 0.25) is 0 Å². The highest BCUT2D eigenvalue weighted by Crippen LogP contribution is 2.29. The Balaban J connectivity index is 1.81. The van der Waals surface area contributed by atoms with E-state index in [4.69, 9.17) is 0 Å². The van der Waals surface area contributed by atoms with Crippen LogP contribution in [0.15, 0.2) is 12.1 Å². The summed E-state index contributed by atoms with van der Waals surface area (Å²) in [6.45, 7) is 9.05. The number of aryl methyl sites for hydroxylation is 3. The molecule has 0 radical (unpaired) electrons. The smallest absolute Gasteiger partial charge is 0.227 e. The van der Waals surface area contributed by atoms with E-state index in [1.165, 1.54) is 23.4 Å². The minimum absolute atomic E-state index is 0.0344.